The van der Waals surface area contributed by atoms with E-state index in [1.54, 1.807) is 0 Å². The molecule has 2 aromatic rings. The standard InChI is InChI=1S/C38H58N4O2/c1-23-21-27(17-19-29(23)35-39-41-37(43-35)33-15-7-11-25-9-3-5-13-31(25)33)28-18-20-30(24(2)22-28)36-40-42-38(44-36)34-16-8-12-26-10-4-6-14-32(26)34/h23-34H,3-22H2,1-2H3. The second-order valence-corrected chi connectivity index (χ2v) is 16.8. The normalized spacial score (nSPS) is 43.2. The number of fused-ring (bicyclic) bond motifs is 2. The number of rotatable bonds is 5. The SMILES string of the molecule is CC1CC(C2CCC(c3nnc(C4CCCC5CCCCC54)o3)C(C)C2)CCC1c1nnc(C2CCCC3CCCCC32)o1. The third-order valence-electron chi connectivity index (χ3n) is 14.4. The first-order chi connectivity index (χ1) is 21.6. The van der Waals surface area contributed by atoms with Crippen molar-refractivity contribution in [2.24, 2.45) is 47.3 Å². The molecule has 6 nitrogen and oxygen atoms in total. The van der Waals surface area contributed by atoms with Gasteiger partial charge in [0.25, 0.3) is 0 Å². The molecule has 0 amide bonds. The second kappa shape index (κ2) is 12.8. The molecule has 12 atom stereocenters. The van der Waals surface area contributed by atoms with E-state index < -0.39 is 0 Å². The molecule has 6 saturated carbocycles. The Hall–Kier alpha value is -1.72. The van der Waals surface area contributed by atoms with Gasteiger partial charge in [-0.05, 0) is 112 Å². The summed E-state index contributed by atoms with van der Waals surface area (Å²) in [5.41, 5.74) is 0. The fourth-order valence-corrected chi connectivity index (χ4v) is 12.0. The van der Waals surface area contributed by atoms with Gasteiger partial charge < -0.3 is 8.83 Å². The Bertz CT molecular complexity index is 1140. The topological polar surface area (TPSA) is 77.8 Å². The highest BCUT2D eigenvalue weighted by Gasteiger charge is 2.43. The molecule has 6 aliphatic carbocycles. The minimum absolute atomic E-state index is 0.437. The van der Waals surface area contributed by atoms with Gasteiger partial charge in [-0.25, -0.2) is 0 Å². The predicted octanol–water partition coefficient (Wildman–Crippen LogP) is 10.3. The highest BCUT2D eigenvalue weighted by atomic mass is 16.4. The fourth-order valence-electron chi connectivity index (χ4n) is 12.0. The van der Waals surface area contributed by atoms with Crippen molar-refractivity contribution in [3.63, 3.8) is 0 Å². The van der Waals surface area contributed by atoms with Gasteiger partial charge in [-0.2, -0.15) is 0 Å². The monoisotopic (exact) mass is 602 g/mol. The largest absolute Gasteiger partial charge is 0.425 e. The maximum absolute atomic E-state index is 6.57. The van der Waals surface area contributed by atoms with Gasteiger partial charge in [0.15, 0.2) is 0 Å². The Morgan fingerprint density at radius 1 is 0.386 bits per heavy atom. The fraction of sp³-hybridized carbons (Fsp3) is 0.895. The third kappa shape index (κ3) is 5.72. The molecule has 6 fully saturated rings. The van der Waals surface area contributed by atoms with Crippen LogP contribution in [0.5, 0.6) is 0 Å². The molecule has 6 heteroatoms. The maximum atomic E-state index is 6.57. The van der Waals surface area contributed by atoms with Gasteiger partial charge in [-0.3, -0.25) is 0 Å². The minimum atomic E-state index is 0.437. The molecule has 242 valence electrons. The summed E-state index contributed by atoms with van der Waals surface area (Å²) in [4.78, 5) is 0. The van der Waals surface area contributed by atoms with Crippen LogP contribution in [0.25, 0.3) is 0 Å². The number of hydrogen-bond acceptors (Lipinski definition) is 6. The first kappa shape index (κ1) is 29.7. The molecule has 0 saturated heterocycles. The van der Waals surface area contributed by atoms with Gasteiger partial charge in [0.2, 0.25) is 23.6 Å². The lowest BCUT2D eigenvalue weighted by Gasteiger charge is -2.41. The van der Waals surface area contributed by atoms with Crippen LogP contribution in [-0.2, 0) is 0 Å². The summed E-state index contributed by atoms with van der Waals surface area (Å²) in [5, 5.41) is 18.9. The van der Waals surface area contributed by atoms with E-state index in [-0.39, 0.29) is 0 Å². The van der Waals surface area contributed by atoms with Crippen LogP contribution in [0.15, 0.2) is 8.83 Å². The van der Waals surface area contributed by atoms with Crippen LogP contribution in [0, 0.1) is 47.3 Å². The Morgan fingerprint density at radius 2 is 0.773 bits per heavy atom. The Kier molecular flexibility index (Phi) is 8.64. The minimum Gasteiger partial charge on any atom is -0.425 e. The molecule has 0 aromatic carbocycles. The van der Waals surface area contributed by atoms with Gasteiger partial charge >= 0.3 is 0 Å². The van der Waals surface area contributed by atoms with E-state index in [0.29, 0.717) is 35.5 Å². The van der Waals surface area contributed by atoms with Crippen molar-refractivity contribution in [3.05, 3.63) is 23.6 Å². The van der Waals surface area contributed by atoms with Gasteiger partial charge in [-0.1, -0.05) is 78.1 Å². The van der Waals surface area contributed by atoms with Crippen LogP contribution in [0.4, 0.5) is 0 Å². The third-order valence-corrected chi connectivity index (χ3v) is 14.4. The molecule has 6 aliphatic rings. The van der Waals surface area contributed by atoms with E-state index >= 15 is 0 Å². The Morgan fingerprint density at radius 3 is 1.20 bits per heavy atom. The van der Waals surface area contributed by atoms with Gasteiger partial charge in [0.05, 0.1) is 0 Å². The van der Waals surface area contributed by atoms with Crippen LogP contribution in [-0.4, -0.2) is 20.4 Å². The Labute approximate surface area is 265 Å². The zero-order valence-corrected chi connectivity index (χ0v) is 27.7. The lowest BCUT2D eigenvalue weighted by molar-refractivity contribution is 0.103. The van der Waals surface area contributed by atoms with E-state index in [1.165, 1.54) is 128 Å². The zero-order chi connectivity index (χ0) is 29.6. The molecule has 8 rings (SSSR count). The van der Waals surface area contributed by atoms with E-state index in [4.69, 9.17) is 29.2 Å². The number of nitrogens with zero attached hydrogens (tertiary/aromatic N) is 4. The van der Waals surface area contributed by atoms with E-state index in [1.807, 2.05) is 0 Å². The zero-order valence-electron chi connectivity index (χ0n) is 27.7. The molecule has 0 aliphatic heterocycles. The van der Waals surface area contributed by atoms with Crippen molar-refractivity contribution < 1.29 is 8.83 Å². The van der Waals surface area contributed by atoms with E-state index in [9.17, 15) is 0 Å². The quantitative estimate of drug-likeness (QED) is 0.339. The highest BCUT2D eigenvalue weighted by molar-refractivity contribution is 5.06. The first-order valence-corrected chi connectivity index (χ1v) is 19.3. The van der Waals surface area contributed by atoms with Crippen LogP contribution in [0.2, 0.25) is 0 Å². The van der Waals surface area contributed by atoms with Crippen molar-refractivity contribution in [1.29, 1.82) is 0 Å². The molecule has 2 heterocycles. The predicted molar refractivity (Wildman–Crippen MR) is 171 cm³/mol. The van der Waals surface area contributed by atoms with Crippen LogP contribution < -0.4 is 0 Å². The average Bonchev–Trinajstić information content (AvgIpc) is 3.75. The highest BCUT2D eigenvalue weighted by Crippen LogP contribution is 2.52. The molecular weight excluding hydrogens is 544 g/mol. The molecule has 0 N–H and O–H groups in total. The van der Waals surface area contributed by atoms with Crippen molar-refractivity contribution in [3.8, 4) is 0 Å². The molecule has 0 radical (unpaired) electrons. The summed E-state index contributed by atoms with van der Waals surface area (Å²) >= 11 is 0. The van der Waals surface area contributed by atoms with Gasteiger partial charge in [-0.15, -0.1) is 20.4 Å². The number of hydrogen-bond donors (Lipinski definition) is 0. The smallest absolute Gasteiger partial charge is 0.219 e. The second-order valence-electron chi connectivity index (χ2n) is 16.8. The molecule has 2 aromatic heterocycles. The summed E-state index contributed by atoms with van der Waals surface area (Å²) in [6.07, 6.45) is 26.8. The van der Waals surface area contributed by atoms with Crippen molar-refractivity contribution in [1.82, 2.24) is 20.4 Å². The van der Waals surface area contributed by atoms with Gasteiger partial charge in [0.1, 0.15) is 0 Å². The van der Waals surface area contributed by atoms with Gasteiger partial charge in [0, 0.05) is 23.7 Å². The van der Waals surface area contributed by atoms with E-state index in [0.717, 1.165) is 59.1 Å². The van der Waals surface area contributed by atoms with Crippen molar-refractivity contribution >= 4 is 0 Å². The van der Waals surface area contributed by atoms with Crippen LogP contribution >= 0.6 is 0 Å². The van der Waals surface area contributed by atoms with Crippen molar-refractivity contribution in [2.75, 3.05) is 0 Å². The molecular formula is C38H58N4O2. The van der Waals surface area contributed by atoms with Crippen LogP contribution in [0.1, 0.15) is 189 Å². The van der Waals surface area contributed by atoms with Crippen molar-refractivity contribution in [2.45, 2.75) is 166 Å². The molecule has 0 spiro atoms. The van der Waals surface area contributed by atoms with Crippen LogP contribution in [0.3, 0.4) is 0 Å². The average molecular weight is 603 g/mol. The molecule has 44 heavy (non-hydrogen) atoms. The number of aromatic nitrogens is 4. The lowest BCUT2D eigenvalue weighted by Crippen LogP contribution is -2.31. The van der Waals surface area contributed by atoms with E-state index in [2.05, 4.69) is 13.8 Å². The summed E-state index contributed by atoms with van der Waals surface area (Å²) < 4.78 is 13.1. The lowest BCUT2D eigenvalue weighted by atomic mass is 9.64. The first-order valence-electron chi connectivity index (χ1n) is 19.3. The maximum Gasteiger partial charge on any atom is 0.219 e. The summed E-state index contributed by atoms with van der Waals surface area (Å²) in [5.74, 6) is 12.0. The molecule has 0 bridgehead atoms. The summed E-state index contributed by atoms with van der Waals surface area (Å²) in [6, 6.07) is 0. The summed E-state index contributed by atoms with van der Waals surface area (Å²) in [6.45, 7) is 4.91. The summed E-state index contributed by atoms with van der Waals surface area (Å²) in [7, 11) is 0. The molecule has 12 unspecified atom stereocenters. The Balaban J connectivity index is 0.865.